The van der Waals surface area contributed by atoms with E-state index in [1.165, 1.54) is 13.2 Å². The molecule has 3 N–H and O–H groups in total. The average molecular weight is 303 g/mol. The molecule has 1 amide bonds. The Kier molecular flexibility index (Phi) is 5.22. The molecule has 7 nitrogen and oxygen atoms in total. The summed E-state index contributed by atoms with van der Waals surface area (Å²) in [5.41, 5.74) is 7.57. The van der Waals surface area contributed by atoms with E-state index < -0.39 is 17.9 Å². The second-order valence-corrected chi connectivity index (χ2v) is 3.59. The molecule has 0 saturated heterocycles. The zero-order chi connectivity index (χ0) is 16.0. The number of halogens is 3. The van der Waals surface area contributed by atoms with Gasteiger partial charge in [-0.1, -0.05) is 6.08 Å². The number of ether oxygens (including phenoxy) is 1. The first-order chi connectivity index (χ1) is 9.79. The van der Waals surface area contributed by atoms with E-state index in [0.29, 0.717) is 0 Å². The number of nitrogens with one attached hydrogen (secondary N) is 1. The molecule has 21 heavy (non-hydrogen) atoms. The summed E-state index contributed by atoms with van der Waals surface area (Å²) in [6.07, 6.45) is -1.45. The lowest BCUT2D eigenvalue weighted by Gasteiger charge is -2.08. The lowest BCUT2D eigenvalue weighted by molar-refractivity contribution is -0.145. The van der Waals surface area contributed by atoms with Crippen LogP contribution in [0.2, 0.25) is 0 Å². The van der Waals surface area contributed by atoms with Gasteiger partial charge in [0.2, 0.25) is 11.7 Å². The minimum atomic E-state index is -4.62. The van der Waals surface area contributed by atoms with Crippen LogP contribution in [0.25, 0.3) is 0 Å². The normalized spacial score (nSPS) is 13.0. The molecule has 0 aliphatic carbocycles. The molecule has 0 unspecified atom stereocenters. The van der Waals surface area contributed by atoms with Crippen molar-refractivity contribution in [3.05, 3.63) is 29.9 Å². The Hall–Kier alpha value is -2.65. The summed E-state index contributed by atoms with van der Waals surface area (Å²) in [5, 5.41) is 3.71. The van der Waals surface area contributed by atoms with Crippen molar-refractivity contribution < 1.29 is 22.7 Å². The van der Waals surface area contributed by atoms with Gasteiger partial charge in [0.05, 0.1) is 30.8 Å². The van der Waals surface area contributed by atoms with Gasteiger partial charge in [0.1, 0.15) is 0 Å². The Morgan fingerprint density at radius 1 is 1.43 bits per heavy atom. The van der Waals surface area contributed by atoms with Crippen LogP contribution in [0.1, 0.15) is 12.7 Å². The van der Waals surface area contributed by atoms with E-state index in [4.69, 9.17) is 10.5 Å². The quantitative estimate of drug-likeness (QED) is 0.378. The third-order valence-electron chi connectivity index (χ3n) is 2.17. The topological polar surface area (TPSA) is 102 Å². The van der Waals surface area contributed by atoms with Gasteiger partial charge in [-0.05, 0) is 6.92 Å². The molecule has 114 valence electrons. The number of allylic oxidation sites excluding steroid dienone is 1. The van der Waals surface area contributed by atoms with Crippen molar-refractivity contribution in [2.24, 2.45) is 10.8 Å². The number of amides is 1. The molecule has 0 atom stereocenters. The second kappa shape index (κ2) is 6.68. The molecule has 0 aromatic carbocycles. The summed E-state index contributed by atoms with van der Waals surface area (Å²) >= 11 is 0. The van der Waals surface area contributed by atoms with E-state index >= 15 is 0 Å². The van der Waals surface area contributed by atoms with E-state index in [9.17, 15) is 18.0 Å². The molecule has 0 radical (unpaired) electrons. The number of alkyl halides is 3. The van der Waals surface area contributed by atoms with E-state index in [1.807, 2.05) is 0 Å². The number of methoxy groups -OCH3 is 1. The van der Waals surface area contributed by atoms with Gasteiger partial charge in [0, 0.05) is 0 Å². The van der Waals surface area contributed by atoms with Gasteiger partial charge in [-0.3, -0.25) is 10.2 Å². The molecular formula is C11H12F3N5O2. The fraction of sp³-hybridized carbons (Fsp3) is 0.273. The van der Waals surface area contributed by atoms with E-state index in [0.717, 1.165) is 12.4 Å². The number of nitrogens with zero attached hydrogens (tertiary/aromatic N) is 3. The number of aromatic nitrogens is 2. The molecule has 1 aromatic heterocycles. The van der Waals surface area contributed by atoms with Crippen molar-refractivity contribution in [3.8, 4) is 0 Å². The van der Waals surface area contributed by atoms with Gasteiger partial charge >= 0.3 is 6.18 Å². The molecule has 1 rings (SSSR count). The summed E-state index contributed by atoms with van der Waals surface area (Å²) in [6.45, 7) is 1.55. The van der Waals surface area contributed by atoms with Gasteiger partial charge in [-0.25, -0.2) is 9.97 Å². The maximum Gasteiger partial charge on any atom is 0.451 e. The fourth-order valence-electron chi connectivity index (χ4n) is 1.23. The second-order valence-electron chi connectivity index (χ2n) is 3.59. The third kappa shape index (κ3) is 4.44. The van der Waals surface area contributed by atoms with Crippen molar-refractivity contribution in [2.75, 3.05) is 12.5 Å². The maximum atomic E-state index is 12.3. The molecule has 0 saturated carbocycles. The van der Waals surface area contributed by atoms with Crippen LogP contribution < -0.4 is 11.2 Å². The third-order valence-corrected chi connectivity index (χ3v) is 2.17. The summed E-state index contributed by atoms with van der Waals surface area (Å²) in [5.74, 6) is -2.15. The predicted octanol–water partition coefficient (Wildman–Crippen LogP) is 1.30. The molecule has 0 aliphatic heterocycles. The number of primary amides is 1. The van der Waals surface area contributed by atoms with Crippen LogP contribution in [-0.4, -0.2) is 28.9 Å². The first-order valence-corrected chi connectivity index (χ1v) is 5.53. The summed E-state index contributed by atoms with van der Waals surface area (Å²) in [7, 11) is 1.26. The number of nitrogens with two attached hydrogens (primary N) is 1. The Morgan fingerprint density at radius 2 is 2.00 bits per heavy atom. The summed E-state index contributed by atoms with van der Waals surface area (Å²) < 4.78 is 41.7. The monoisotopic (exact) mass is 303 g/mol. The maximum absolute atomic E-state index is 12.3. The highest BCUT2D eigenvalue weighted by Crippen LogP contribution is 2.25. The lowest BCUT2D eigenvalue weighted by Crippen LogP contribution is -2.22. The zero-order valence-corrected chi connectivity index (χ0v) is 11.1. The Labute approximate surface area is 117 Å². The number of anilines is 1. The average Bonchev–Trinajstić information content (AvgIpc) is 2.42. The summed E-state index contributed by atoms with van der Waals surface area (Å²) in [4.78, 5) is 17.4. The number of carbonyl (C=O) groups is 1. The lowest BCUT2D eigenvalue weighted by atomic mass is 10.2. The zero-order valence-electron chi connectivity index (χ0n) is 11.1. The van der Waals surface area contributed by atoms with Crippen molar-refractivity contribution in [3.63, 3.8) is 0 Å². The molecule has 10 heteroatoms. The molecule has 0 aliphatic rings. The van der Waals surface area contributed by atoms with Crippen LogP contribution in [-0.2, 0) is 15.7 Å². The van der Waals surface area contributed by atoms with Crippen LogP contribution in [0, 0.1) is 0 Å². The number of rotatable bonds is 4. The van der Waals surface area contributed by atoms with E-state index in [-0.39, 0.29) is 17.2 Å². The highest BCUT2D eigenvalue weighted by molar-refractivity contribution is 6.17. The minimum Gasteiger partial charge on any atom is -0.479 e. The first kappa shape index (κ1) is 16.4. The standard InChI is InChI=1S/C11H12F3N5O2/c1-3-7(8(15)20)9(21-2)19-18-6-4-16-10(17-5-6)11(12,13)14/h3-5,18H,1-2H3,(H2,15,20)/b7-3-,19-9+. The molecule has 1 heterocycles. The van der Waals surface area contributed by atoms with Crippen LogP contribution >= 0.6 is 0 Å². The van der Waals surface area contributed by atoms with Crippen LogP contribution in [0.3, 0.4) is 0 Å². The van der Waals surface area contributed by atoms with Crippen molar-refractivity contribution in [1.82, 2.24) is 9.97 Å². The van der Waals surface area contributed by atoms with Crippen LogP contribution in [0.4, 0.5) is 18.9 Å². The van der Waals surface area contributed by atoms with Gasteiger partial charge < -0.3 is 10.5 Å². The van der Waals surface area contributed by atoms with Crippen molar-refractivity contribution in [1.29, 1.82) is 0 Å². The smallest absolute Gasteiger partial charge is 0.451 e. The van der Waals surface area contributed by atoms with Gasteiger partial charge in [-0.15, -0.1) is 5.10 Å². The number of hydrogen-bond donors (Lipinski definition) is 2. The van der Waals surface area contributed by atoms with E-state index in [2.05, 4.69) is 20.5 Å². The fourth-order valence-corrected chi connectivity index (χ4v) is 1.23. The number of carbonyl (C=O) groups excluding carboxylic acids is 1. The molecular weight excluding hydrogens is 291 g/mol. The van der Waals surface area contributed by atoms with E-state index in [1.54, 1.807) is 6.92 Å². The van der Waals surface area contributed by atoms with Crippen LogP contribution in [0.5, 0.6) is 0 Å². The highest BCUT2D eigenvalue weighted by Gasteiger charge is 2.34. The SMILES string of the molecule is C/C=C(C(N)=O)\C(=N/Nc1cnc(C(F)(F)F)nc1)OC. The predicted molar refractivity (Wildman–Crippen MR) is 68.1 cm³/mol. The van der Waals surface area contributed by atoms with Gasteiger partial charge in [0.25, 0.3) is 5.91 Å². The largest absolute Gasteiger partial charge is 0.479 e. The summed E-state index contributed by atoms with van der Waals surface area (Å²) in [6, 6.07) is 0. The molecule has 0 fully saturated rings. The number of hydrogen-bond acceptors (Lipinski definition) is 6. The Morgan fingerprint density at radius 3 is 2.38 bits per heavy atom. The minimum absolute atomic E-state index is 0.0119. The Bertz CT molecular complexity index is 566. The number of hydrazone groups is 1. The molecule has 0 spiro atoms. The highest BCUT2D eigenvalue weighted by atomic mass is 19.4. The molecule has 1 aromatic rings. The van der Waals surface area contributed by atoms with Crippen LogP contribution in [0.15, 0.2) is 29.1 Å². The van der Waals surface area contributed by atoms with Crippen molar-refractivity contribution >= 4 is 17.5 Å². The van der Waals surface area contributed by atoms with Crippen molar-refractivity contribution in [2.45, 2.75) is 13.1 Å². The molecule has 0 bridgehead atoms. The van der Waals surface area contributed by atoms with Gasteiger partial charge in [-0.2, -0.15) is 13.2 Å². The first-order valence-electron chi connectivity index (χ1n) is 5.53. The Balaban J connectivity index is 2.90. The van der Waals surface area contributed by atoms with Gasteiger partial charge in [0.15, 0.2) is 0 Å².